The molecule has 3 rings (SSSR count). The van der Waals surface area contributed by atoms with E-state index < -0.39 is 0 Å². The lowest BCUT2D eigenvalue weighted by Crippen LogP contribution is -2.37. The van der Waals surface area contributed by atoms with Gasteiger partial charge in [-0.1, -0.05) is 12.1 Å². The van der Waals surface area contributed by atoms with Crippen molar-refractivity contribution in [3.63, 3.8) is 0 Å². The summed E-state index contributed by atoms with van der Waals surface area (Å²) in [6.07, 6.45) is 5.14. The molecule has 0 radical (unpaired) electrons. The van der Waals surface area contributed by atoms with Gasteiger partial charge in [0.05, 0.1) is 23.7 Å². The summed E-state index contributed by atoms with van der Waals surface area (Å²) in [7, 11) is 0. The minimum atomic E-state index is -0.206. The Hall–Kier alpha value is -1.90. The highest BCUT2D eigenvalue weighted by Crippen LogP contribution is 2.30. The third-order valence-corrected chi connectivity index (χ3v) is 5.65. The van der Waals surface area contributed by atoms with Gasteiger partial charge in [0.15, 0.2) is 0 Å². The van der Waals surface area contributed by atoms with Crippen LogP contribution in [0.1, 0.15) is 36.8 Å². The van der Waals surface area contributed by atoms with Crippen molar-refractivity contribution in [1.29, 1.82) is 5.26 Å². The summed E-state index contributed by atoms with van der Waals surface area (Å²) in [4.78, 5) is 14.0. The van der Waals surface area contributed by atoms with E-state index in [0.717, 1.165) is 38.9 Å². The quantitative estimate of drug-likeness (QED) is 0.859. The first kappa shape index (κ1) is 17.9. The van der Waals surface area contributed by atoms with E-state index in [1.807, 2.05) is 24.3 Å². The predicted molar refractivity (Wildman–Crippen MR) is 95.7 cm³/mol. The summed E-state index contributed by atoms with van der Waals surface area (Å²) in [5.41, 5.74) is 7.48. The maximum absolute atomic E-state index is 11.5. The van der Waals surface area contributed by atoms with E-state index in [2.05, 4.69) is 11.0 Å². The number of benzene rings is 1. The Morgan fingerprint density at radius 1 is 1.24 bits per heavy atom. The van der Waals surface area contributed by atoms with E-state index in [4.69, 9.17) is 15.7 Å². The predicted octanol–water partition coefficient (Wildman–Crippen LogP) is 2.09. The van der Waals surface area contributed by atoms with E-state index in [1.54, 1.807) is 0 Å². The Morgan fingerprint density at radius 3 is 2.60 bits per heavy atom. The zero-order valence-electron chi connectivity index (χ0n) is 14.7. The number of carbonyl (C=O) groups excluding carboxylic acids is 1. The number of likely N-dealkylation sites (tertiary alicyclic amines) is 1. The first-order valence-electron chi connectivity index (χ1n) is 9.28. The number of nitrogens with two attached hydrogens (primary N) is 1. The Bertz CT molecular complexity index is 615. The topological polar surface area (TPSA) is 79.3 Å². The van der Waals surface area contributed by atoms with E-state index in [1.165, 1.54) is 18.4 Å². The van der Waals surface area contributed by atoms with Crippen molar-refractivity contribution >= 4 is 5.91 Å². The second-order valence-corrected chi connectivity index (χ2v) is 7.29. The Balaban J connectivity index is 1.39. The molecule has 2 saturated heterocycles. The van der Waals surface area contributed by atoms with Crippen molar-refractivity contribution in [2.75, 3.05) is 26.2 Å². The number of hydrogen-bond acceptors (Lipinski definition) is 4. The zero-order valence-corrected chi connectivity index (χ0v) is 14.7. The first-order chi connectivity index (χ1) is 12.2. The van der Waals surface area contributed by atoms with Crippen LogP contribution in [0.15, 0.2) is 24.3 Å². The molecule has 2 aliphatic rings. The average Bonchev–Trinajstić information content (AvgIpc) is 3.10. The standard InChI is InChI=1S/C20H27N3O2/c21-14-17-3-1-15(2-4-17)5-9-23-10-6-16(7-11-23)13-19-18(20(22)24)8-12-25-19/h1-4,16,18-19H,5-13H2,(H2,22,24)/t18-,19-/m1/s1. The molecule has 0 spiro atoms. The number of nitriles is 1. The van der Waals surface area contributed by atoms with E-state index in [9.17, 15) is 4.79 Å². The number of primary amides is 1. The molecule has 0 saturated carbocycles. The van der Waals surface area contributed by atoms with Crippen LogP contribution < -0.4 is 5.73 Å². The van der Waals surface area contributed by atoms with Gasteiger partial charge in [0.25, 0.3) is 0 Å². The van der Waals surface area contributed by atoms with Gasteiger partial charge in [-0.15, -0.1) is 0 Å². The van der Waals surface area contributed by atoms with Gasteiger partial charge in [0.2, 0.25) is 5.91 Å². The normalized spacial score (nSPS) is 24.9. The maximum atomic E-state index is 11.5. The van der Waals surface area contributed by atoms with Crippen LogP contribution in [-0.4, -0.2) is 43.2 Å². The molecular weight excluding hydrogens is 314 g/mol. The molecule has 5 heteroatoms. The molecule has 1 aromatic carbocycles. The number of ether oxygens (including phenoxy) is 1. The van der Waals surface area contributed by atoms with Gasteiger partial charge in [0, 0.05) is 13.2 Å². The van der Waals surface area contributed by atoms with Crippen LogP contribution in [0.25, 0.3) is 0 Å². The molecule has 134 valence electrons. The van der Waals surface area contributed by atoms with Crippen LogP contribution in [0.5, 0.6) is 0 Å². The van der Waals surface area contributed by atoms with Crippen LogP contribution in [-0.2, 0) is 16.0 Å². The third kappa shape index (κ3) is 4.81. The van der Waals surface area contributed by atoms with Gasteiger partial charge < -0.3 is 15.4 Å². The number of hydrogen-bond donors (Lipinski definition) is 1. The summed E-state index contributed by atoms with van der Waals surface area (Å²) in [6, 6.07) is 10.0. The van der Waals surface area contributed by atoms with Gasteiger partial charge in [0.1, 0.15) is 0 Å². The van der Waals surface area contributed by atoms with Crippen molar-refractivity contribution in [3.05, 3.63) is 35.4 Å². The fourth-order valence-electron chi connectivity index (χ4n) is 4.01. The second-order valence-electron chi connectivity index (χ2n) is 7.29. The molecule has 0 aromatic heterocycles. The molecule has 2 fully saturated rings. The summed E-state index contributed by atoms with van der Waals surface area (Å²) >= 11 is 0. The molecule has 1 aromatic rings. The maximum Gasteiger partial charge on any atom is 0.223 e. The van der Waals surface area contributed by atoms with Gasteiger partial charge >= 0.3 is 0 Å². The summed E-state index contributed by atoms with van der Waals surface area (Å²) < 4.78 is 5.74. The number of nitrogens with zero attached hydrogens (tertiary/aromatic N) is 2. The number of carbonyl (C=O) groups is 1. The minimum Gasteiger partial charge on any atom is -0.377 e. The highest BCUT2D eigenvalue weighted by atomic mass is 16.5. The molecule has 2 N–H and O–H groups in total. The lowest BCUT2D eigenvalue weighted by Gasteiger charge is -2.33. The van der Waals surface area contributed by atoms with Crippen molar-refractivity contribution in [1.82, 2.24) is 4.90 Å². The lowest BCUT2D eigenvalue weighted by molar-refractivity contribution is -0.123. The van der Waals surface area contributed by atoms with Gasteiger partial charge in [-0.2, -0.15) is 5.26 Å². The smallest absolute Gasteiger partial charge is 0.223 e. The van der Waals surface area contributed by atoms with Crippen LogP contribution >= 0.6 is 0 Å². The molecular formula is C20H27N3O2. The van der Waals surface area contributed by atoms with E-state index >= 15 is 0 Å². The average molecular weight is 341 g/mol. The lowest BCUT2D eigenvalue weighted by atomic mass is 9.86. The van der Waals surface area contributed by atoms with Crippen molar-refractivity contribution in [2.24, 2.45) is 17.6 Å². The third-order valence-electron chi connectivity index (χ3n) is 5.65. The zero-order chi connectivity index (χ0) is 17.6. The molecule has 2 heterocycles. The van der Waals surface area contributed by atoms with E-state index in [-0.39, 0.29) is 17.9 Å². The van der Waals surface area contributed by atoms with E-state index in [0.29, 0.717) is 18.1 Å². The van der Waals surface area contributed by atoms with Crippen LogP contribution in [0.2, 0.25) is 0 Å². The Kier molecular flexibility index (Phi) is 6.06. The Morgan fingerprint density at radius 2 is 1.96 bits per heavy atom. The van der Waals surface area contributed by atoms with Gasteiger partial charge in [-0.25, -0.2) is 0 Å². The molecule has 0 unspecified atom stereocenters. The fraction of sp³-hybridized carbons (Fsp3) is 0.600. The minimum absolute atomic E-state index is 0.0349. The molecule has 2 aliphatic heterocycles. The highest BCUT2D eigenvalue weighted by molar-refractivity contribution is 5.77. The molecule has 0 aliphatic carbocycles. The second kappa shape index (κ2) is 8.46. The molecule has 0 bridgehead atoms. The number of rotatable bonds is 6. The monoisotopic (exact) mass is 341 g/mol. The van der Waals surface area contributed by atoms with Crippen molar-refractivity contribution in [3.8, 4) is 6.07 Å². The molecule has 25 heavy (non-hydrogen) atoms. The van der Waals surface area contributed by atoms with Crippen LogP contribution in [0.3, 0.4) is 0 Å². The fourth-order valence-corrected chi connectivity index (χ4v) is 4.01. The Labute approximate surface area is 149 Å². The summed E-state index contributed by atoms with van der Waals surface area (Å²) in [6.45, 7) is 3.94. The SMILES string of the molecule is N#Cc1ccc(CCN2CCC(C[C@H]3OCC[C@H]3C(N)=O)CC2)cc1. The van der Waals surface area contributed by atoms with Crippen molar-refractivity contribution in [2.45, 2.75) is 38.2 Å². The van der Waals surface area contributed by atoms with Crippen LogP contribution in [0, 0.1) is 23.2 Å². The van der Waals surface area contributed by atoms with Gasteiger partial charge in [-0.3, -0.25) is 4.79 Å². The number of amides is 1. The number of piperidine rings is 1. The first-order valence-corrected chi connectivity index (χ1v) is 9.28. The van der Waals surface area contributed by atoms with Crippen molar-refractivity contribution < 1.29 is 9.53 Å². The molecule has 5 nitrogen and oxygen atoms in total. The largest absolute Gasteiger partial charge is 0.377 e. The summed E-state index contributed by atoms with van der Waals surface area (Å²) in [5, 5.41) is 8.84. The highest BCUT2D eigenvalue weighted by Gasteiger charge is 2.34. The summed E-state index contributed by atoms with van der Waals surface area (Å²) in [5.74, 6) is 0.341. The van der Waals surface area contributed by atoms with Crippen LogP contribution in [0.4, 0.5) is 0 Å². The molecule has 2 atom stereocenters. The van der Waals surface area contributed by atoms with Gasteiger partial charge in [-0.05, 0) is 68.8 Å². The molecule has 1 amide bonds.